The lowest BCUT2D eigenvalue weighted by Crippen LogP contribution is -2.00. The summed E-state index contributed by atoms with van der Waals surface area (Å²) in [6.45, 7) is 0. The monoisotopic (exact) mass is 367 g/mol. The third kappa shape index (κ3) is 3.57. The van der Waals surface area contributed by atoms with Crippen LogP contribution in [0.1, 0.15) is 0 Å². The summed E-state index contributed by atoms with van der Waals surface area (Å²) in [6.07, 6.45) is 1.69. The Morgan fingerprint density at radius 3 is 2.11 bits per heavy atom. The summed E-state index contributed by atoms with van der Waals surface area (Å²) in [6, 6.07) is 11.3. The smallest absolute Gasteiger partial charge is 0.220 e. The van der Waals surface area contributed by atoms with Crippen molar-refractivity contribution in [3.8, 4) is 45.4 Å². The lowest BCUT2D eigenvalue weighted by molar-refractivity contribution is 0.324. The number of hydrogen-bond acceptors (Lipinski definition) is 7. The molecule has 0 radical (unpaired) electrons. The third-order valence-electron chi connectivity index (χ3n) is 4.13. The van der Waals surface area contributed by atoms with Gasteiger partial charge in [-0.2, -0.15) is 0 Å². The maximum Gasteiger partial charge on any atom is 0.220 e. The molecule has 0 aliphatic rings. The van der Waals surface area contributed by atoms with Crippen molar-refractivity contribution < 1.29 is 18.9 Å². The lowest BCUT2D eigenvalue weighted by atomic mass is 10.00. The molecule has 0 fully saturated rings. The summed E-state index contributed by atoms with van der Waals surface area (Å²) in [7, 11) is 6.32. The lowest BCUT2D eigenvalue weighted by Gasteiger charge is -2.16. The zero-order chi connectivity index (χ0) is 19.4. The summed E-state index contributed by atoms with van der Waals surface area (Å²) < 4.78 is 21.6. The van der Waals surface area contributed by atoms with E-state index >= 15 is 0 Å². The average molecular weight is 367 g/mol. The second kappa shape index (κ2) is 7.82. The Labute approximate surface area is 157 Å². The topological polar surface area (TPSA) is 88.7 Å². The van der Waals surface area contributed by atoms with E-state index < -0.39 is 0 Å². The number of nitrogen functional groups attached to an aromatic ring is 1. The predicted molar refractivity (Wildman–Crippen MR) is 104 cm³/mol. The van der Waals surface area contributed by atoms with Gasteiger partial charge in [0.1, 0.15) is 5.75 Å². The van der Waals surface area contributed by atoms with E-state index in [9.17, 15) is 0 Å². The molecule has 0 bridgehead atoms. The molecular formula is C20H21N3O4. The van der Waals surface area contributed by atoms with Crippen LogP contribution < -0.4 is 24.7 Å². The third-order valence-corrected chi connectivity index (χ3v) is 4.13. The minimum Gasteiger partial charge on any atom is -0.497 e. The van der Waals surface area contributed by atoms with E-state index in [-0.39, 0.29) is 5.95 Å². The first-order valence-corrected chi connectivity index (χ1v) is 8.18. The van der Waals surface area contributed by atoms with Crippen LogP contribution in [0.3, 0.4) is 0 Å². The van der Waals surface area contributed by atoms with Crippen LogP contribution in [0, 0.1) is 0 Å². The van der Waals surface area contributed by atoms with Crippen molar-refractivity contribution in [2.75, 3.05) is 34.2 Å². The van der Waals surface area contributed by atoms with Crippen molar-refractivity contribution in [1.29, 1.82) is 0 Å². The van der Waals surface area contributed by atoms with Crippen LogP contribution in [0.25, 0.3) is 22.4 Å². The van der Waals surface area contributed by atoms with E-state index in [1.54, 1.807) is 34.6 Å². The van der Waals surface area contributed by atoms with E-state index in [0.717, 1.165) is 22.4 Å². The molecule has 1 heterocycles. The first kappa shape index (κ1) is 18.3. The van der Waals surface area contributed by atoms with Gasteiger partial charge in [0.2, 0.25) is 11.7 Å². The van der Waals surface area contributed by atoms with Crippen LogP contribution >= 0.6 is 0 Å². The summed E-state index contributed by atoms with van der Waals surface area (Å²) in [5, 5.41) is 0. The average Bonchev–Trinajstić information content (AvgIpc) is 2.72. The molecule has 7 nitrogen and oxygen atoms in total. The second-order valence-electron chi connectivity index (χ2n) is 5.64. The van der Waals surface area contributed by atoms with Gasteiger partial charge in [-0.1, -0.05) is 12.1 Å². The van der Waals surface area contributed by atoms with Gasteiger partial charge in [0.25, 0.3) is 0 Å². The Kier molecular flexibility index (Phi) is 5.30. The largest absolute Gasteiger partial charge is 0.497 e. The van der Waals surface area contributed by atoms with Gasteiger partial charge in [0.05, 0.1) is 34.1 Å². The minimum absolute atomic E-state index is 0.172. The molecule has 0 aliphatic carbocycles. The maximum absolute atomic E-state index is 5.86. The van der Waals surface area contributed by atoms with Crippen molar-refractivity contribution in [1.82, 2.24) is 9.97 Å². The molecular weight excluding hydrogens is 346 g/mol. The zero-order valence-corrected chi connectivity index (χ0v) is 15.6. The number of ether oxygens (including phenoxy) is 4. The Bertz CT molecular complexity index is 935. The predicted octanol–water partition coefficient (Wildman–Crippen LogP) is 3.43. The van der Waals surface area contributed by atoms with Gasteiger partial charge in [-0.3, -0.25) is 0 Å². The molecule has 27 heavy (non-hydrogen) atoms. The zero-order valence-electron chi connectivity index (χ0n) is 15.6. The number of nitrogens with two attached hydrogens (primary N) is 1. The molecule has 2 N–H and O–H groups in total. The highest BCUT2D eigenvalue weighted by Crippen LogP contribution is 2.42. The summed E-state index contributed by atoms with van der Waals surface area (Å²) in [5.41, 5.74) is 8.97. The standard InChI is InChI=1S/C20H21N3O4/c1-24-14-7-5-6-12(8-14)15-11-22-20(21)23-18(15)13-9-16(25-2)19(27-4)17(10-13)26-3/h5-11H,1-4H3,(H2,21,22,23). The van der Waals surface area contributed by atoms with Gasteiger partial charge in [-0.25, -0.2) is 9.97 Å². The minimum atomic E-state index is 0.172. The Morgan fingerprint density at radius 1 is 0.815 bits per heavy atom. The van der Waals surface area contributed by atoms with Crippen LogP contribution in [0.5, 0.6) is 23.0 Å². The Hall–Kier alpha value is -3.48. The number of nitrogens with zero attached hydrogens (tertiary/aromatic N) is 2. The highest BCUT2D eigenvalue weighted by atomic mass is 16.5. The van der Waals surface area contributed by atoms with Crippen LogP contribution in [0.2, 0.25) is 0 Å². The fourth-order valence-corrected chi connectivity index (χ4v) is 2.84. The van der Waals surface area contributed by atoms with Gasteiger partial charge in [0, 0.05) is 17.3 Å². The first-order chi connectivity index (χ1) is 13.1. The number of hydrogen-bond donors (Lipinski definition) is 1. The van der Waals surface area contributed by atoms with Crippen molar-refractivity contribution in [3.05, 3.63) is 42.6 Å². The summed E-state index contributed by atoms with van der Waals surface area (Å²) >= 11 is 0. The highest BCUT2D eigenvalue weighted by Gasteiger charge is 2.18. The van der Waals surface area contributed by atoms with E-state index in [0.29, 0.717) is 22.9 Å². The summed E-state index contributed by atoms with van der Waals surface area (Å²) in [5.74, 6) is 2.47. The molecule has 0 atom stereocenters. The van der Waals surface area contributed by atoms with E-state index in [1.165, 1.54) is 0 Å². The van der Waals surface area contributed by atoms with Crippen LogP contribution in [0.4, 0.5) is 5.95 Å². The Morgan fingerprint density at radius 2 is 1.52 bits per heavy atom. The molecule has 0 saturated heterocycles. The molecule has 3 aromatic rings. The highest BCUT2D eigenvalue weighted by molar-refractivity contribution is 5.83. The number of methoxy groups -OCH3 is 4. The molecule has 0 spiro atoms. The molecule has 3 rings (SSSR count). The van der Waals surface area contributed by atoms with Gasteiger partial charge in [0.15, 0.2) is 11.5 Å². The van der Waals surface area contributed by atoms with E-state index in [4.69, 9.17) is 24.7 Å². The molecule has 0 saturated carbocycles. The van der Waals surface area contributed by atoms with Crippen molar-refractivity contribution in [2.24, 2.45) is 0 Å². The van der Waals surface area contributed by atoms with Gasteiger partial charge in [-0.15, -0.1) is 0 Å². The maximum atomic E-state index is 5.86. The first-order valence-electron chi connectivity index (χ1n) is 8.18. The number of benzene rings is 2. The molecule has 1 aromatic heterocycles. The SMILES string of the molecule is COc1cccc(-c2cnc(N)nc2-c2cc(OC)c(OC)c(OC)c2)c1. The van der Waals surface area contributed by atoms with Gasteiger partial charge in [-0.05, 0) is 29.8 Å². The van der Waals surface area contributed by atoms with Gasteiger partial charge < -0.3 is 24.7 Å². The fraction of sp³-hybridized carbons (Fsp3) is 0.200. The molecule has 0 aliphatic heterocycles. The van der Waals surface area contributed by atoms with Crippen LogP contribution in [0.15, 0.2) is 42.6 Å². The second-order valence-corrected chi connectivity index (χ2v) is 5.64. The van der Waals surface area contributed by atoms with E-state index in [2.05, 4.69) is 9.97 Å². The number of anilines is 1. The number of rotatable bonds is 6. The molecule has 140 valence electrons. The molecule has 0 amide bonds. The number of aromatic nitrogens is 2. The molecule has 7 heteroatoms. The summed E-state index contributed by atoms with van der Waals surface area (Å²) in [4.78, 5) is 8.61. The fourth-order valence-electron chi connectivity index (χ4n) is 2.84. The quantitative estimate of drug-likeness (QED) is 0.714. The van der Waals surface area contributed by atoms with Crippen molar-refractivity contribution in [2.45, 2.75) is 0 Å². The van der Waals surface area contributed by atoms with Crippen LogP contribution in [-0.2, 0) is 0 Å². The van der Waals surface area contributed by atoms with E-state index in [1.807, 2.05) is 36.4 Å². The molecule has 0 unspecified atom stereocenters. The van der Waals surface area contributed by atoms with Gasteiger partial charge >= 0.3 is 0 Å². The van der Waals surface area contributed by atoms with Crippen molar-refractivity contribution in [3.63, 3.8) is 0 Å². The normalized spacial score (nSPS) is 10.4. The Balaban J connectivity index is 2.24. The van der Waals surface area contributed by atoms with Crippen LogP contribution in [-0.4, -0.2) is 38.4 Å². The van der Waals surface area contributed by atoms with Crippen molar-refractivity contribution >= 4 is 5.95 Å². The molecule has 2 aromatic carbocycles.